The summed E-state index contributed by atoms with van der Waals surface area (Å²) in [6, 6.07) is 13.4. The molecule has 1 aromatic carbocycles. The fraction of sp³-hybridized carbons (Fsp3) is 0.294. The van der Waals surface area contributed by atoms with Gasteiger partial charge in [-0.05, 0) is 38.5 Å². The summed E-state index contributed by atoms with van der Waals surface area (Å²) >= 11 is 7.48. The molecule has 0 fully saturated rings. The summed E-state index contributed by atoms with van der Waals surface area (Å²) < 4.78 is 5.27. The van der Waals surface area contributed by atoms with Crippen molar-refractivity contribution in [2.24, 2.45) is 0 Å². The van der Waals surface area contributed by atoms with Gasteiger partial charge in [-0.1, -0.05) is 53.7 Å². The Bertz CT molecular complexity index is 672. The SMILES string of the molecule is CC(C)(C)OC(=O)Nc1ccc(Cl)nc1SCc1ccccc1. The lowest BCUT2D eigenvalue weighted by atomic mass is 10.2. The molecular formula is C17H19ClN2O2S. The zero-order valence-electron chi connectivity index (χ0n) is 13.3. The van der Waals surface area contributed by atoms with Crippen LogP contribution in [-0.4, -0.2) is 16.7 Å². The molecule has 1 heterocycles. The Labute approximate surface area is 145 Å². The molecule has 0 atom stereocenters. The number of nitrogens with one attached hydrogen (secondary N) is 1. The standard InChI is InChI=1S/C17H19ClN2O2S/c1-17(2,3)22-16(21)19-13-9-10-14(18)20-15(13)23-11-12-7-5-4-6-8-12/h4-10H,11H2,1-3H3,(H,19,21). The normalized spacial score (nSPS) is 11.1. The van der Waals surface area contributed by atoms with Gasteiger partial charge in [0.05, 0.1) is 5.69 Å². The van der Waals surface area contributed by atoms with E-state index in [1.165, 1.54) is 17.3 Å². The Hall–Kier alpha value is -1.72. The number of amides is 1. The molecule has 0 radical (unpaired) electrons. The number of nitrogens with zero attached hydrogens (tertiary/aromatic N) is 1. The molecule has 0 aliphatic heterocycles. The first-order chi connectivity index (χ1) is 10.8. The van der Waals surface area contributed by atoms with Gasteiger partial charge < -0.3 is 4.74 Å². The van der Waals surface area contributed by atoms with E-state index in [0.29, 0.717) is 15.9 Å². The summed E-state index contributed by atoms with van der Waals surface area (Å²) in [7, 11) is 0. The first kappa shape index (κ1) is 17.6. The van der Waals surface area contributed by atoms with Gasteiger partial charge in [-0.3, -0.25) is 5.32 Å². The molecule has 1 aromatic heterocycles. The van der Waals surface area contributed by atoms with Crippen LogP contribution in [0.1, 0.15) is 26.3 Å². The van der Waals surface area contributed by atoms with Gasteiger partial charge >= 0.3 is 6.09 Å². The quantitative estimate of drug-likeness (QED) is 0.594. The van der Waals surface area contributed by atoms with Gasteiger partial charge in [0.1, 0.15) is 15.8 Å². The second kappa shape index (κ2) is 7.70. The Kier molecular flexibility index (Phi) is 5.91. The van der Waals surface area contributed by atoms with Crippen LogP contribution in [0.15, 0.2) is 47.5 Å². The van der Waals surface area contributed by atoms with Crippen LogP contribution in [0.4, 0.5) is 10.5 Å². The van der Waals surface area contributed by atoms with Crippen molar-refractivity contribution in [2.75, 3.05) is 5.32 Å². The third-order valence-electron chi connectivity index (χ3n) is 2.68. The summed E-state index contributed by atoms with van der Waals surface area (Å²) in [6.07, 6.45) is -0.511. The molecule has 4 nitrogen and oxygen atoms in total. The van der Waals surface area contributed by atoms with Crippen molar-refractivity contribution >= 4 is 35.1 Å². The number of aromatic nitrogens is 1. The van der Waals surface area contributed by atoms with Crippen molar-refractivity contribution in [1.82, 2.24) is 4.98 Å². The van der Waals surface area contributed by atoms with Crippen molar-refractivity contribution in [3.8, 4) is 0 Å². The van der Waals surface area contributed by atoms with Crippen LogP contribution in [-0.2, 0) is 10.5 Å². The topological polar surface area (TPSA) is 51.2 Å². The second-order valence-electron chi connectivity index (χ2n) is 5.89. The van der Waals surface area contributed by atoms with Crippen molar-refractivity contribution < 1.29 is 9.53 Å². The molecular weight excluding hydrogens is 332 g/mol. The van der Waals surface area contributed by atoms with Crippen molar-refractivity contribution in [2.45, 2.75) is 37.2 Å². The highest BCUT2D eigenvalue weighted by atomic mass is 35.5. The molecule has 1 N–H and O–H groups in total. The Balaban J connectivity index is 2.09. The summed E-state index contributed by atoms with van der Waals surface area (Å²) in [4.78, 5) is 16.2. The van der Waals surface area contributed by atoms with E-state index in [2.05, 4.69) is 10.3 Å². The highest BCUT2D eigenvalue weighted by Gasteiger charge is 2.18. The number of thioether (sulfide) groups is 1. The molecule has 0 aliphatic carbocycles. The maximum absolute atomic E-state index is 11.9. The minimum Gasteiger partial charge on any atom is -0.444 e. The number of carbonyl (C=O) groups is 1. The lowest BCUT2D eigenvalue weighted by molar-refractivity contribution is 0.0635. The molecule has 1 amide bonds. The second-order valence-corrected chi connectivity index (χ2v) is 7.24. The molecule has 122 valence electrons. The molecule has 2 rings (SSSR count). The first-order valence-electron chi connectivity index (χ1n) is 7.17. The minimum atomic E-state index is -0.554. The molecule has 0 bridgehead atoms. The highest BCUT2D eigenvalue weighted by Crippen LogP contribution is 2.30. The van der Waals surface area contributed by atoms with Crippen molar-refractivity contribution in [3.05, 3.63) is 53.2 Å². The molecule has 6 heteroatoms. The van der Waals surface area contributed by atoms with Crippen LogP contribution in [0.5, 0.6) is 0 Å². The van der Waals surface area contributed by atoms with Gasteiger partial charge in [0.15, 0.2) is 0 Å². The van der Waals surface area contributed by atoms with E-state index >= 15 is 0 Å². The van der Waals surface area contributed by atoms with Gasteiger partial charge in [0.25, 0.3) is 0 Å². The predicted octanol–water partition coefficient (Wildman–Crippen LogP) is 5.37. The van der Waals surface area contributed by atoms with Crippen LogP contribution in [0.3, 0.4) is 0 Å². The Morgan fingerprint density at radius 1 is 1.22 bits per heavy atom. The largest absolute Gasteiger partial charge is 0.444 e. The predicted molar refractivity (Wildman–Crippen MR) is 95.1 cm³/mol. The average molecular weight is 351 g/mol. The van der Waals surface area contributed by atoms with E-state index in [4.69, 9.17) is 16.3 Å². The van der Waals surface area contributed by atoms with Gasteiger partial charge in [-0.15, -0.1) is 0 Å². The number of benzene rings is 1. The number of carbonyl (C=O) groups excluding carboxylic acids is 1. The molecule has 2 aromatic rings. The van der Waals surface area contributed by atoms with Crippen LogP contribution >= 0.6 is 23.4 Å². The first-order valence-corrected chi connectivity index (χ1v) is 8.53. The summed E-state index contributed by atoms with van der Waals surface area (Å²) in [5.41, 5.74) is 1.20. The third-order valence-corrected chi connectivity index (χ3v) is 3.95. The van der Waals surface area contributed by atoms with Crippen LogP contribution < -0.4 is 5.32 Å². The van der Waals surface area contributed by atoms with E-state index in [1.54, 1.807) is 12.1 Å². The highest BCUT2D eigenvalue weighted by molar-refractivity contribution is 7.98. The van der Waals surface area contributed by atoms with Crippen LogP contribution in [0.2, 0.25) is 5.15 Å². The molecule has 0 unspecified atom stereocenters. The van der Waals surface area contributed by atoms with Gasteiger partial charge in [0, 0.05) is 5.75 Å². The summed E-state index contributed by atoms with van der Waals surface area (Å²) in [5, 5.41) is 3.77. The monoisotopic (exact) mass is 350 g/mol. The van der Waals surface area contributed by atoms with Gasteiger partial charge in [0.2, 0.25) is 0 Å². The number of rotatable bonds is 4. The van der Waals surface area contributed by atoms with E-state index in [-0.39, 0.29) is 0 Å². The van der Waals surface area contributed by atoms with E-state index < -0.39 is 11.7 Å². The Morgan fingerprint density at radius 3 is 2.57 bits per heavy atom. The number of ether oxygens (including phenoxy) is 1. The maximum Gasteiger partial charge on any atom is 0.412 e. The van der Waals surface area contributed by atoms with E-state index in [9.17, 15) is 4.79 Å². The van der Waals surface area contributed by atoms with Crippen LogP contribution in [0, 0.1) is 0 Å². The molecule has 0 spiro atoms. The number of hydrogen-bond acceptors (Lipinski definition) is 4. The maximum atomic E-state index is 11.9. The molecule has 0 saturated carbocycles. The van der Waals surface area contributed by atoms with E-state index in [1.807, 2.05) is 51.1 Å². The smallest absolute Gasteiger partial charge is 0.412 e. The van der Waals surface area contributed by atoms with E-state index in [0.717, 1.165) is 5.75 Å². The zero-order valence-corrected chi connectivity index (χ0v) is 14.9. The lowest BCUT2D eigenvalue weighted by Gasteiger charge is -2.20. The summed E-state index contributed by atoms with van der Waals surface area (Å²) in [5.74, 6) is 0.733. The fourth-order valence-corrected chi connectivity index (χ4v) is 2.89. The number of hydrogen-bond donors (Lipinski definition) is 1. The zero-order chi connectivity index (χ0) is 16.9. The average Bonchev–Trinajstić information content (AvgIpc) is 2.46. The summed E-state index contributed by atoms with van der Waals surface area (Å²) in [6.45, 7) is 5.45. The molecule has 23 heavy (non-hydrogen) atoms. The molecule has 0 saturated heterocycles. The minimum absolute atomic E-state index is 0.385. The van der Waals surface area contributed by atoms with Gasteiger partial charge in [-0.25, -0.2) is 9.78 Å². The third kappa shape index (κ3) is 6.12. The van der Waals surface area contributed by atoms with Crippen molar-refractivity contribution in [1.29, 1.82) is 0 Å². The fourth-order valence-electron chi connectivity index (χ4n) is 1.76. The lowest BCUT2D eigenvalue weighted by Crippen LogP contribution is -2.27. The van der Waals surface area contributed by atoms with Crippen LogP contribution in [0.25, 0.3) is 0 Å². The van der Waals surface area contributed by atoms with Crippen molar-refractivity contribution in [3.63, 3.8) is 0 Å². The number of halogens is 1. The number of anilines is 1. The Morgan fingerprint density at radius 2 is 1.91 bits per heavy atom. The molecule has 0 aliphatic rings. The number of pyridine rings is 1. The van der Waals surface area contributed by atoms with Gasteiger partial charge in [-0.2, -0.15) is 0 Å².